The number of hydrogen-bond acceptors (Lipinski definition) is 7. The molecule has 0 amide bonds. The highest BCUT2D eigenvalue weighted by Crippen LogP contribution is 2.17. The fourth-order valence-electron chi connectivity index (χ4n) is 4.53. The number of hydrogen-bond donors (Lipinski definition) is 0. The maximum atomic E-state index is 13.0. The molecule has 10 heteroatoms. The summed E-state index contributed by atoms with van der Waals surface area (Å²) in [5.74, 6) is 0.817. The number of ether oxygens (including phenoxy) is 2. The normalized spacial score (nSPS) is 24.0. The molecule has 2 aliphatic rings. The van der Waals surface area contributed by atoms with Gasteiger partial charge in [-0.15, -0.1) is 0 Å². The predicted molar refractivity (Wildman–Crippen MR) is 113 cm³/mol. The molecule has 10 nitrogen and oxygen atoms in total. The lowest BCUT2D eigenvalue weighted by Crippen LogP contribution is -2.45. The van der Waals surface area contributed by atoms with Crippen LogP contribution in [0.2, 0.25) is 0 Å². The van der Waals surface area contributed by atoms with Gasteiger partial charge in [-0.3, -0.25) is 23.7 Å². The van der Waals surface area contributed by atoms with Crippen LogP contribution in [0.15, 0.2) is 9.59 Å². The van der Waals surface area contributed by atoms with E-state index in [9.17, 15) is 9.59 Å². The van der Waals surface area contributed by atoms with E-state index < -0.39 is 0 Å². The van der Waals surface area contributed by atoms with E-state index in [-0.39, 0.29) is 23.5 Å². The molecule has 166 valence electrons. The zero-order chi connectivity index (χ0) is 21.4. The molecule has 0 aliphatic carbocycles. The minimum atomic E-state index is -0.356. The summed E-state index contributed by atoms with van der Waals surface area (Å²) in [4.78, 5) is 34.9. The summed E-state index contributed by atoms with van der Waals surface area (Å²) in [5, 5.41) is 0. The number of fused-ring (bicyclic) bond motifs is 1. The first kappa shape index (κ1) is 21.2. The van der Waals surface area contributed by atoms with Gasteiger partial charge in [0.15, 0.2) is 11.2 Å². The highest BCUT2D eigenvalue weighted by molar-refractivity contribution is 5.71. The Balaban J connectivity index is 1.71. The number of aromatic nitrogens is 4. The molecule has 0 saturated carbocycles. The predicted octanol–water partition coefficient (Wildman–Crippen LogP) is -0.625. The van der Waals surface area contributed by atoms with Crippen molar-refractivity contribution in [1.29, 1.82) is 0 Å². The molecule has 4 heterocycles. The lowest BCUT2D eigenvalue weighted by Gasteiger charge is -2.35. The standard InChI is InChI=1S/C20H32N6O4/c1-14-11-25(12-15(2)30-14)13-16-21-18-17(19(27)23(4)20(28)22(18)3)26(16)6-5-24-7-9-29-10-8-24/h14-15H,5-13H2,1-4H3/t14-,15-/m0/s1. The van der Waals surface area contributed by atoms with E-state index >= 15 is 0 Å². The Morgan fingerprint density at radius 1 is 0.967 bits per heavy atom. The highest BCUT2D eigenvalue weighted by atomic mass is 16.5. The van der Waals surface area contributed by atoms with Crippen molar-refractivity contribution in [2.75, 3.05) is 45.9 Å². The summed E-state index contributed by atoms with van der Waals surface area (Å²) in [6, 6.07) is 0. The van der Waals surface area contributed by atoms with Crippen LogP contribution in [0.5, 0.6) is 0 Å². The minimum Gasteiger partial charge on any atom is -0.379 e. The molecule has 30 heavy (non-hydrogen) atoms. The highest BCUT2D eigenvalue weighted by Gasteiger charge is 2.26. The van der Waals surface area contributed by atoms with E-state index in [0.717, 1.165) is 56.3 Å². The van der Waals surface area contributed by atoms with Crippen molar-refractivity contribution >= 4 is 11.2 Å². The SMILES string of the molecule is C[C@H]1CN(Cc2nc3c(c(=O)n(C)c(=O)n3C)n2CCN2CCOCC2)C[C@H](C)O1. The average Bonchev–Trinajstić information content (AvgIpc) is 3.07. The summed E-state index contributed by atoms with van der Waals surface area (Å²) >= 11 is 0. The minimum absolute atomic E-state index is 0.150. The summed E-state index contributed by atoms with van der Waals surface area (Å²) < 4.78 is 15.9. The third-order valence-corrected chi connectivity index (χ3v) is 6.03. The molecule has 0 radical (unpaired) electrons. The number of morpholine rings is 2. The summed E-state index contributed by atoms with van der Waals surface area (Å²) in [5.41, 5.74) is 0.301. The molecule has 4 rings (SSSR count). The van der Waals surface area contributed by atoms with Gasteiger partial charge in [0.2, 0.25) is 0 Å². The van der Waals surface area contributed by atoms with Crippen molar-refractivity contribution in [2.24, 2.45) is 14.1 Å². The van der Waals surface area contributed by atoms with Gasteiger partial charge in [0.1, 0.15) is 5.82 Å². The number of imidazole rings is 1. The van der Waals surface area contributed by atoms with Crippen LogP contribution in [0, 0.1) is 0 Å². The third-order valence-electron chi connectivity index (χ3n) is 6.03. The van der Waals surface area contributed by atoms with Gasteiger partial charge >= 0.3 is 5.69 Å². The first-order chi connectivity index (χ1) is 14.3. The van der Waals surface area contributed by atoms with Gasteiger partial charge in [0.25, 0.3) is 5.56 Å². The number of aryl methyl sites for hydroxylation is 1. The van der Waals surface area contributed by atoms with E-state index in [2.05, 4.69) is 23.6 Å². The Morgan fingerprint density at radius 2 is 1.63 bits per heavy atom. The lowest BCUT2D eigenvalue weighted by atomic mass is 10.2. The Morgan fingerprint density at radius 3 is 2.30 bits per heavy atom. The zero-order valence-electron chi connectivity index (χ0n) is 18.3. The second-order valence-corrected chi connectivity index (χ2v) is 8.46. The Kier molecular flexibility index (Phi) is 6.10. The third kappa shape index (κ3) is 4.09. The molecule has 2 aliphatic heterocycles. The van der Waals surface area contributed by atoms with E-state index in [1.807, 2.05) is 4.57 Å². The molecular formula is C20H32N6O4. The van der Waals surface area contributed by atoms with Crippen LogP contribution in [0.1, 0.15) is 19.7 Å². The second kappa shape index (κ2) is 8.62. The lowest BCUT2D eigenvalue weighted by molar-refractivity contribution is -0.0712. The second-order valence-electron chi connectivity index (χ2n) is 8.46. The molecule has 0 aromatic carbocycles. The van der Waals surface area contributed by atoms with Crippen molar-refractivity contribution in [1.82, 2.24) is 28.5 Å². The van der Waals surface area contributed by atoms with Gasteiger partial charge in [-0.1, -0.05) is 0 Å². The Hall–Kier alpha value is -2.01. The van der Waals surface area contributed by atoms with Crippen LogP contribution in [-0.2, 0) is 36.7 Å². The molecular weight excluding hydrogens is 388 g/mol. The monoisotopic (exact) mass is 420 g/mol. The zero-order valence-corrected chi connectivity index (χ0v) is 18.3. The van der Waals surface area contributed by atoms with E-state index in [1.165, 1.54) is 11.6 Å². The number of rotatable bonds is 5. The molecule has 2 aromatic heterocycles. The van der Waals surface area contributed by atoms with Gasteiger partial charge < -0.3 is 14.0 Å². The molecule has 0 spiro atoms. The van der Waals surface area contributed by atoms with E-state index in [0.29, 0.717) is 24.3 Å². The van der Waals surface area contributed by atoms with Crippen molar-refractivity contribution in [3.05, 3.63) is 26.7 Å². The van der Waals surface area contributed by atoms with Gasteiger partial charge in [-0.25, -0.2) is 9.78 Å². The van der Waals surface area contributed by atoms with Crippen molar-refractivity contribution in [2.45, 2.75) is 39.1 Å². The van der Waals surface area contributed by atoms with Crippen LogP contribution < -0.4 is 11.2 Å². The van der Waals surface area contributed by atoms with Crippen LogP contribution >= 0.6 is 0 Å². The van der Waals surface area contributed by atoms with Gasteiger partial charge in [-0.05, 0) is 13.8 Å². The summed E-state index contributed by atoms with van der Waals surface area (Å²) in [6.07, 6.45) is 0.300. The Bertz CT molecular complexity index is 1010. The first-order valence-corrected chi connectivity index (χ1v) is 10.7. The molecule has 0 N–H and O–H groups in total. The van der Waals surface area contributed by atoms with Crippen molar-refractivity contribution < 1.29 is 9.47 Å². The fraction of sp³-hybridized carbons (Fsp3) is 0.750. The maximum Gasteiger partial charge on any atom is 0.332 e. The van der Waals surface area contributed by atoms with Crippen molar-refractivity contribution in [3.63, 3.8) is 0 Å². The van der Waals surface area contributed by atoms with Crippen molar-refractivity contribution in [3.8, 4) is 0 Å². The number of nitrogens with zero attached hydrogens (tertiary/aromatic N) is 6. The first-order valence-electron chi connectivity index (χ1n) is 10.7. The molecule has 2 aromatic rings. The van der Waals surface area contributed by atoms with Crippen LogP contribution in [0.25, 0.3) is 11.2 Å². The van der Waals surface area contributed by atoms with Gasteiger partial charge in [-0.2, -0.15) is 0 Å². The maximum absolute atomic E-state index is 13.0. The largest absolute Gasteiger partial charge is 0.379 e. The quantitative estimate of drug-likeness (QED) is 0.637. The van der Waals surface area contributed by atoms with Crippen LogP contribution in [0.4, 0.5) is 0 Å². The van der Waals surface area contributed by atoms with Gasteiger partial charge in [0.05, 0.1) is 32.0 Å². The molecule has 0 unspecified atom stereocenters. The topological polar surface area (TPSA) is 86.8 Å². The average molecular weight is 421 g/mol. The van der Waals surface area contributed by atoms with Crippen LogP contribution in [-0.4, -0.2) is 86.6 Å². The van der Waals surface area contributed by atoms with Crippen LogP contribution in [0.3, 0.4) is 0 Å². The molecule has 2 fully saturated rings. The molecule has 2 saturated heterocycles. The summed E-state index contributed by atoms with van der Waals surface area (Å²) in [7, 11) is 3.19. The molecule has 0 bridgehead atoms. The Labute approximate surface area is 175 Å². The fourth-order valence-corrected chi connectivity index (χ4v) is 4.53. The summed E-state index contributed by atoms with van der Waals surface area (Å²) in [6.45, 7) is 11.1. The van der Waals surface area contributed by atoms with Gasteiger partial charge in [0, 0.05) is 53.4 Å². The van der Waals surface area contributed by atoms with E-state index in [4.69, 9.17) is 14.5 Å². The smallest absolute Gasteiger partial charge is 0.332 e. The van der Waals surface area contributed by atoms with E-state index in [1.54, 1.807) is 7.05 Å². The molecule has 2 atom stereocenters.